The summed E-state index contributed by atoms with van der Waals surface area (Å²) in [5.41, 5.74) is 4.19. The maximum atomic E-state index is 11.8. The highest BCUT2D eigenvalue weighted by atomic mass is 16.9. The van der Waals surface area contributed by atoms with Crippen molar-refractivity contribution in [3.63, 3.8) is 0 Å². The number of carbonyl (C=O) groups is 2. The lowest BCUT2D eigenvalue weighted by Crippen LogP contribution is -2.39. The molecule has 27 heavy (non-hydrogen) atoms. The minimum absolute atomic E-state index is 0.121. The fourth-order valence-electron chi connectivity index (χ4n) is 2.21. The molecule has 6 heteroatoms. The summed E-state index contributed by atoms with van der Waals surface area (Å²) >= 11 is 0. The number of benzene rings is 2. The van der Waals surface area contributed by atoms with Crippen LogP contribution in [0.5, 0.6) is 0 Å². The average Bonchev–Trinajstić information content (AvgIpc) is 2.67. The largest absolute Gasteiger partial charge is 0.454 e. The first-order valence-electron chi connectivity index (χ1n) is 8.61. The first-order chi connectivity index (χ1) is 13.0. The number of esters is 1. The van der Waals surface area contributed by atoms with E-state index in [4.69, 9.17) is 14.2 Å². The van der Waals surface area contributed by atoms with Gasteiger partial charge in [-0.1, -0.05) is 53.1 Å². The summed E-state index contributed by atoms with van der Waals surface area (Å²) in [6.45, 7) is 5.59. The van der Waals surface area contributed by atoms with Crippen molar-refractivity contribution in [3.05, 3.63) is 70.8 Å². The Hall–Kier alpha value is -2.70. The monoisotopic (exact) mass is 372 g/mol. The normalized spacial score (nSPS) is 18.6. The van der Waals surface area contributed by atoms with Crippen molar-refractivity contribution in [2.24, 2.45) is 0 Å². The third-order valence-electron chi connectivity index (χ3n) is 3.78. The Morgan fingerprint density at radius 3 is 1.78 bits per heavy atom. The molecule has 0 aromatic heterocycles. The Bertz CT molecular complexity index is 694. The van der Waals surface area contributed by atoms with Gasteiger partial charge in [-0.05, 0) is 32.9 Å². The predicted molar refractivity (Wildman–Crippen MR) is 99.1 cm³/mol. The summed E-state index contributed by atoms with van der Waals surface area (Å²) in [6.07, 6.45) is -0.514. The van der Waals surface area contributed by atoms with E-state index < -0.39 is 18.5 Å². The van der Waals surface area contributed by atoms with Crippen LogP contribution in [0.2, 0.25) is 0 Å². The van der Waals surface area contributed by atoms with Gasteiger partial charge in [0.05, 0.1) is 18.8 Å². The Morgan fingerprint density at radius 1 is 0.889 bits per heavy atom. The molecule has 0 bridgehead atoms. The Balaban J connectivity index is 0.000000273. The number of aryl methyl sites for hydroxylation is 3. The first kappa shape index (κ1) is 20.6. The van der Waals surface area contributed by atoms with E-state index in [0.717, 1.165) is 5.56 Å². The predicted octanol–water partition coefficient (Wildman–Crippen LogP) is 3.33. The van der Waals surface area contributed by atoms with Crippen LogP contribution in [0.3, 0.4) is 0 Å². The Morgan fingerprint density at radius 2 is 1.33 bits per heavy atom. The lowest BCUT2D eigenvalue weighted by Gasteiger charge is -2.27. The summed E-state index contributed by atoms with van der Waals surface area (Å²) in [4.78, 5) is 21.9. The minimum Gasteiger partial charge on any atom is -0.454 e. The van der Waals surface area contributed by atoms with E-state index in [-0.39, 0.29) is 19.7 Å². The molecule has 1 aliphatic heterocycles. The lowest BCUT2D eigenvalue weighted by atomic mass is 10.1. The standard InChI is InChI=1S/C13H14O6.C8H10/c1-9-2-4-10(5-3-9)12(15)19-11-6-16-13(17-7-11)18-8-14;1-7-3-5-8(2)6-4-7/h2-5,8,11,13H,6-7H2,1H3;3-6H,1-2H3. The van der Waals surface area contributed by atoms with Gasteiger partial charge in [0, 0.05) is 0 Å². The third-order valence-corrected chi connectivity index (χ3v) is 3.78. The van der Waals surface area contributed by atoms with Gasteiger partial charge in [-0.2, -0.15) is 0 Å². The zero-order valence-corrected chi connectivity index (χ0v) is 15.7. The van der Waals surface area contributed by atoms with Crippen molar-refractivity contribution in [2.45, 2.75) is 33.4 Å². The lowest BCUT2D eigenvalue weighted by molar-refractivity contribution is -0.309. The molecule has 0 saturated carbocycles. The van der Waals surface area contributed by atoms with E-state index in [1.54, 1.807) is 12.1 Å². The number of carbonyl (C=O) groups excluding carboxylic acids is 2. The van der Waals surface area contributed by atoms with Crippen molar-refractivity contribution < 1.29 is 28.5 Å². The van der Waals surface area contributed by atoms with Crippen LogP contribution in [0.1, 0.15) is 27.0 Å². The van der Waals surface area contributed by atoms with Crippen molar-refractivity contribution in [1.82, 2.24) is 0 Å². The van der Waals surface area contributed by atoms with E-state index in [2.05, 4.69) is 42.8 Å². The van der Waals surface area contributed by atoms with Crippen LogP contribution in [0.25, 0.3) is 0 Å². The fourth-order valence-corrected chi connectivity index (χ4v) is 2.21. The second-order valence-electron chi connectivity index (χ2n) is 6.24. The van der Waals surface area contributed by atoms with Crippen molar-refractivity contribution in [2.75, 3.05) is 13.2 Å². The molecule has 1 aliphatic rings. The highest BCUT2D eigenvalue weighted by Crippen LogP contribution is 2.12. The molecule has 3 rings (SSSR count). The molecule has 0 atom stereocenters. The van der Waals surface area contributed by atoms with Crippen LogP contribution in [-0.2, 0) is 23.7 Å². The molecule has 0 spiro atoms. The molecule has 1 saturated heterocycles. The summed E-state index contributed by atoms with van der Waals surface area (Å²) < 4.78 is 19.7. The Labute approximate surface area is 159 Å². The molecule has 1 fully saturated rings. The van der Waals surface area contributed by atoms with E-state index in [1.165, 1.54) is 11.1 Å². The molecule has 1 heterocycles. The highest BCUT2D eigenvalue weighted by Gasteiger charge is 2.26. The van der Waals surface area contributed by atoms with Crippen molar-refractivity contribution in [1.29, 1.82) is 0 Å². The molecule has 0 N–H and O–H groups in total. The van der Waals surface area contributed by atoms with Crippen LogP contribution in [0.4, 0.5) is 0 Å². The second kappa shape index (κ2) is 10.4. The molecule has 2 aromatic carbocycles. The zero-order valence-electron chi connectivity index (χ0n) is 15.7. The van der Waals surface area contributed by atoms with Gasteiger partial charge in [0.2, 0.25) is 0 Å². The van der Waals surface area contributed by atoms with Crippen molar-refractivity contribution in [3.8, 4) is 0 Å². The van der Waals surface area contributed by atoms with E-state index in [9.17, 15) is 9.59 Å². The second-order valence-corrected chi connectivity index (χ2v) is 6.24. The fraction of sp³-hybridized carbons (Fsp3) is 0.333. The molecule has 0 radical (unpaired) electrons. The average molecular weight is 372 g/mol. The molecular formula is C21H24O6. The van der Waals surface area contributed by atoms with Crippen LogP contribution in [0.15, 0.2) is 48.5 Å². The number of rotatable bonds is 4. The summed E-state index contributed by atoms with van der Waals surface area (Å²) in [6, 6.07) is 15.5. The van der Waals surface area contributed by atoms with Gasteiger partial charge in [-0.25, -0.2) is 4.79 Å². The molecular weight excluding hydrogens is 348 g/mol. The van der Waals surface area contributed by atoms with E-state index in [0.29, 0.717) is 5.56 Å². The highest BCUT2D eigenvalue weighted by molar-refractivity contribution is 5.89. The number of hydrogen-bond donors (Lipinski definition) is 0. The van der Waals surface area contributed by atoms with E-state index in [1.807, 2.05) is 19.1 Å². The molecule has 0 aliphatic carbocycles. The van der Waals surface area contributed by atoms with Gasteiger partial charge in [0.1, 0.15) is 6.10 Å². The van der Waals surface area contributed by atoms with Crippen LogP contribution in [0, 0.1) is 20.8 Å². The number of ether oxygens (including phenoxy) is 4. The van der Waals surface area contributed by atoms with Gasteiger partial charge >= 0.3 is 12.4 Å². The van der Waals surface area contributed by atoms with Gasteiger partial charge in [-0.3, -0.25) is 4.79 Å². The maximum Gasteiger partial charge on any atom is 0.338 e. The van der Waals surface area contributed by atoms with Gasteiger partial charge < -0.3 is 18.9 Å². The van der Waals surface area contributed by atoms with Gasteiger partial charge in [0.25, 0.3) is 6.47 Å². The van der Waals surface area contributed by atoms with E-state index >= 15 is 0 Å². The van der Waals surface area contributed by atoms with Crippen LogP contribution < -0.4 is 0 Å². The summed E-state index contributed by atoms with van der Waals surface area (Å²) in [5, 5.41) is 0. The summed E-state index contributed by atoms with van der Waals surface area (Å²) in [5.74, 6) is -0.438. The Kier molecular flexibility index (Phi) is 7.98. The number of hydrogen-bond acceptors (Lipinski definition) is 6. The molecule has 2 aromatic rings. The quantitative estimate of drug-likeness (QED) is 0.606. The maximum absolute atomic E-state index is 11.8. The van der Waals surface area contributed by atoms with Gasteiger partial charge in [-0.15, -0.1) is 0 Å². The molecule has 0 amide bonds. The zero-order chi connectivity index (χ0) is 19.6. The topological polar surface area (TPSA) is 71.1 Å². The molecule has 6 nitrogen and oxygen atoms in total. The summed E-state index contributed by atoms with van der Waals surface area (Å²) in [7, 11) is 0. The first-order valence-corrected chi connectivity index (χ1v) is 8.61. The third kappa shape index (κ3) is 7.21. The van der Waals surface area contributed by atoms with Crippen molar-refractivity contribution >= 4 is 12.4 Å². The minimum atomic E-state index is -1.02. The van der Waals surface area contributed by atoms with Crippen LogP contribution in [-0.4, -0.2) is 38.2 Å². The molecule has 144 valence electrons. The van der Waals surface area contributed by atoms with Crippen LogP contribution >= 0.6 is 0 Å². The molecule has 0 unspecified atom stereocenters. The SMILES string of the molecule is Cc1ccc(C(=O)OC2COC(OC=O)OC2)cc1.Cc1ccc(C)cc1. The van der Waals surface area contributed by atoms with Gasteiger partial charge in [0.15, 0.2) is 0 Å². The smallest absolute Gasteiger partial charge is 0.338 e.